The van der Waals surface area contributed by atoms with Gasteiger partial charge < -0.3 is 14.8 Å². The van der Waals surface area contributed by atoms with Crippen LogP contribution in [0.4, 0.5) is 5.69 Å². The van der Waals surface area contributed by atoms with Gasteiger partial charge >= 0.3 is 0 Å². The molecule has 1 amide bonds. The number of anilines is 1. The molecular formula is C37H51N5O2. The average Bonchev–Trinajstić information content (AvgIpc) is 3.27. The number of nitrogens with one attached hydrogen (secondary N) is 1. The fourth-order valence-corrected chi connectivity index (χ4v) is 8.01. The van der Waals surface area contributed by atoms with Crippen molar-refractivity contribution in [3.63, 3.8) is 0 Å². The Bertz CT molecular complexity index is 1430. The summed E-state index contributed by atoms with van der Waals surface area (Å²) in [5.74, 6) is -0.217. The van der Waals surface area contributed by atoms with E-state index in [2.05, 4.69) is 50.3 Å². The van der Waals surface area contributed by atoms with E-state index in [4.69, 9.17) is 0 Å². The van der Waals surface area contributed by atoms with Crippen LogP contribution in [0.3, 0.4) is 0 Å². The molecule has 3 aromatic rings. The van der Waals surface area contributed by atoms with Crippen LogP contribution in [0.1, 0.15) is 88.0 Å². The summed E-state index contributed by atoms with van der Waals surface area (Å²) in [6.07, 6.45) is 11.0. The quantitative estimate of drug-likeness (QED) is 0.257. The number of carbonyl (C=O) groups excluding carboxylic acids is 1. The minimum absolute atomic E-state index is 0.0134. The predicted octanol–water partition coefficient (Wildman–Crippen LogP) is 6.08. The highest BCUT2D eigenvalue weighted by molar-refractivity contribution is 5.97. The maximum absolute atomic E-state index is 13.4. The van der Waals surface area contributed by atoms with Gasteiger partial charge in [0.05, 0.1) is 5.52 Å². The molecule has 0 radical (unpaired) electrons. The Balaban J connectivity index is 0.900. The monoisotopic (exact) mass is 597 g/mol. The van der Waals surface area contributed by atoms with Crippen molar-refractivity contribution in [1.29, 1.82) is 0 Å². The summed E-state index contributed by atoms with van der Waals surface area (Å²) in [6.45, 7) is 11.0. The van der Waals surface area contributed by atoms with Crippen molar-refractivity contribution in [3.8, 4) is 0 Å². The van der Waals surface area contributed by atoms with Crippen LogP contribution in [0.2, 0.25) is 0 Å². The molecule has 0 spiro atoms. The van der Waals surface area contributed by atoms with Gasteiger partial charge in [0, 0.05) is 56.0 Å². The largest absolute Gasteiger partial charge is 0.369 e. The summed E-state index contributed by atoms with van der Waals surface area (Å²) < 4.78 is 1.75. The third-order valence-electron chi connectivity index (χ3n) is 10.3. The number of para-hydroxylation sites is 2. The van der Waals surface area contributed by atoms with Gasteiger partial charge in [-0.3, -0.25) is 19.4 Å². The normalized spacial score (nSPS) is 22.6. The molecule has 2 aromatic carbocycles. The van der Waals surface area contributed by atoms with Crippen LogP contribution in [-0.2, 0) is 0 Å². The topological polar surface area (TPSA) is 60.8 Å². The van der Waals surface area contributed by atoms with Crippen molar-refractivity contribution in [2.75, 3.05) is 44.2 Å². The Labute approximate surface area is 263 Å². The van der Waals surface area contributed by atoms with Crippen molar-refractivity contribution < 1.29 is 4.79 Å². The molecule has 236 valence electrons. The first kappa shape index (κ1) is 30.8. The van der Waals surface area contributed by atoms with Gasteiger partial charge in [0.15, 0.2) is 0 Å². The second-order valence-electron chi connectivity index (χ2n) is 13.6. The van der Waals surface area contributed by atoms with Gasteiger partial charge in [-0.1, -0.05) is 55.7 Å². The van der Waals surface area contributed by atoms with Gasteiger partial charge in [0.25, 0.3) is 11.5 Å². The lowest BCUT2D eigenvalue weighted by Crippen LogP contribution is -2.51. The van der Waals surface area contributed by atoms with E-state index < -0.39 is 0 Å². The Kier molecular flexibility index (Phi) is 10.0. The summed E-state index contributed by atoms with van der Waals surface area (Å²) >= 11 is 0. The van der Waals surface area contributed by atoms with Gasteiger partial charge in [-0.15, -0.1) is 0 Å². The highest BCUT2D eigenvalue weighted by atomic mass is 16.2. The summed E-state index contributed by atoms with van der Waals surface area (Å²) in [5.41, 5.74) is 2.31. The van der Waals surface area contributed by atoms with E-state index in [1.165, 1.54) is 76.8 Å². The molecule has 3 saturated heterocycles. The minimum Gasteiger partial charge on any atom is -0.369 e. The maximum atomic E-state index is 13.4. The zero-order valence-electron chi connectivity index (χ0n) is 26.8. The van der Waals surface area contributed by atoms with Crippen molar-refractivity contribution in [2.24, 2.45) is 0 Å². The van der Waals surface area contributed by atoms with Crippen LogP contribution in [0.25, 0.3) is 10.9 Å². The summed E-state index contributed by atoms with van der Waals surface area (Å²) in [6, 6.07) is 21.7. The molecule has 4 heterocycles. The molecular weight excluding hydrogens is 546 g/mol. The van der Waals surface area contributed by atoms with E-state index in [0.717, 1.165) is 36.8 Å². The van der Waals surface area contributed by atoms with Crippen molar-refractivity contribution in [3.05, 3.63) is 76.6 Å². The molecule has 1 N–H and O–H groups in total. The molecule has 0 aliphatic carbocycles. The number of hydrogen-bond donors (Lipinski definition) is 1. The van der Waals surface area contributed by atoms with Crippen LogP contribution in [0, 0.1) is 0 Å². The van der Waals surface area contributed by atoms with Crippen molar-refractivity contribution >= 4 is 22.5 Å². The molecule has 2 bridgehead atoms. The number of nitrogens with zero attached hydrogens (tertiary/aromatic N) is 4. The average molecular weight is 598 g/mol. The number of piperidine rings is 1. The molecule has 7 nitrogen and oxygen atoms in total. The fraction of sp³-hybridized carbons (Fsp3) is 0.568. The molecule has 1 unspecified atom stereocenters. The number of aromatic nitrogens is 1. The van der Waals surface area contributed by atoms with Crippen molar-refractivity contribution in [2.45, 2.75) is 95.8 Å². The number of pyridine rings is 1. The third-order valence-corrected chi connectivity index (χ3v) is 10.3. The summed E-state index contributed by atoms with van der Waals surface area (Å²) in [4.78, 5) is 34.6. The first-order valence-corrected chi connectivity index (χ1v) is 17.2. The number of fused-ring (bicyclic) bond motifs is 3. The maximum Gasteiger partial charge on any atom is 0.264 e. The van der Waals surface area contributed by atoms with E-state index in [1.807, 2.05) is 38.1 Å². The smallest absolute Gasteiger partial charge is 0.264 e. The molecule has 3 fully saturated rings. The van der Waals surface area contributed by atoms with E-state index in [9.17, 15) is 9.59 Å². The highest BCUT2D eigenvalue weighted by Gasteiger charge is 2.40. The number of piperazine rings is 1. The van der Waals surface area contributed by atoms with E-state index in [0.29, 0.717) is 12.1 Å². The molecule has 3 atom stereocenters. The molecule has 6 rings (SSSR count). The number of hydrogen-bond acceptors (Lipinski definition) is 5. The molecule has 1 aromatic heterocycles. The molecule has 3 aliphatic rings. The van der Waals surface area contributed by atoms with Crippen LogP contribution in [-0.4, -0.2) is 77.7 Å². The minimum atomic E-state index is -0.217. The Hall–Kier alpha value is -3.16. The van der Waals surface area contributed by atoms with E-state index in [-0.39, 0.29) is 29.1 Å². The van der Waals surface area contributed by atoms with Crippen LogP contribution in [0.5, 0.6) is 0 Å². The second kappa shape index (κ2) is 14.3. The predicted molar refractivity (Wildman–Crippen MR) is 181 cm³/mol. The molecule has 7 heteroatoms. The Morgan fingerprint density at radius 3 is 2.16 bits per heavy atom. The SMILES string of the molecule is CC(C)n1c(=O)c(C(=O)NC2C[C@H]3CC[C@@H](C2)N3CCCCCCCN2CCN(c3ccccc3)CC2)cc2ccccc21. The second-order valence-corrected chi connectivity index (χ2v) is 13.6. The number of amides is 1. The summed E-state index contributed by atoms with van der Waals surface area (Å²) in [7, 11) is 0. The first-order chi connectivity index (χ1) is 21.5. The summed E-state index contributed by atoms with van der Waals surface area (Å²) in [5, 5.41) is 4.20. The van der Waals surface area contributed by atoms with Gasteiger partial charge in [0.1, 0.15) is 5.56 Å². The number of benzene rings is 2. The Morgan fingerprint density at radius 2 is 1.45 bits per heavy atom. The number of carbonyl (C=O) groups is 1. The van der Waals surface area contributed by atoms with Gasteiger partial charge in [-0.2, -0.15) is 0 Å². The Morgan fingerprint density at radius 1 is 0.818 bits per heavy atom. The van der Waals surface area contributed by atoms with Gasteiger partial charge in [0.2, 0.25) is 0 Å². The lowest BCUT2D eigenvalue weighted by molar-refractivity contribution is 0.0839. The van der Waals surface area contributed by atoms with Crippen LogP contribution >= 0.6 is 0 Å². The highest BCUT2D eigenvalue weighted by Crippen LogP contribution is 2.36. The molecule has 44 heavy (non-hydrogen) atoms. The number of unbranched alkanes of at least 4 members (excludes halogenated alkanes) is 4. The molecule has 3 aliphatic heterocycles. The van der Waals surface area contributed by atoms with E-state index in [1.54, 1.807) is 10.6 Å². The van der Waals surface area contributed by atoms with Crippen molar-refractivity contribution in [1.82, 2.24) is 19.7 Å². The zero-order chi connectivity index (χ0) is 30.5. The molecule has 0 saturated carbocycles. The fourth-order valence-electron chi connectivity index (χ4n) is 8.01. The van der Waals surface area contributed by atoms with Gasteiger partial charge in [-0.25, -0.2) is 0 Å². The first-order valence-electron chi connectivity index (χ1n) is 17.2. The lowest BCUT2D eigenvalue weighted by Gasteiger charge is -2.39. The third kappa shape index (κ3) is 7.05. The standard InChI is InChI=1S/C37H51N5O2/c1-28(2)42-35-16-10-9-13-29(35)25-34(37(42)44)36(43)38-30-26-32-17-18-33(27-30)41(32)20-12-5-3-4-11-19-39-21-23-40(24-22-39)31-14-7-6-8-15-31/h6-10,13-16,25,28,30,32-33H,3-5,11-12,17-24,26-27H2,1-2H3,(H,38,43)/t30?,32-,33+. The zero-order valence-corrected chi connectivity index (χ0v) is 26.8. The number of rotatable bonds is 12. The van der Waals surface area contributed by atoms with Crippen LogP contribution < -0.4 is 15.8 Å². The lowest BCUT2D eigenvalue weighted by atomic mass is 9.96. The van der Waals surface area contributed by atoms with Crippen LogP contribution in [0.15, 0.2) is 65.5 Å². The van der Waals surface area contributed by atoms with E-state index >= 15 is 0 Å². The van der Waals surface area contributed by atoms with Gasteiger partial charge in [-0.05, 0) is 95.1 Å².